The van der Waals surface area contributed by atoms with Crippen LogP contribution in [0.4, 0.5) is 0 Å². The van der Waals surface area contributed by atoms with Crippen molar-refractivity contribution in [3.8, 4) is 11.5 Å². The fourth-order valence-electron chi connectivity index (χ4n) is 1.66. The van der Waals surface area contributed by atoms with E-state index in [2.05, 4.69) is 15.0 Å². The van der Waals surface area contributed by atoms with E-state index in [0.29, 0.717) is 12.4 Å². The lowest BCUT2D eigenvalue weighted by atomic mass is 10.2. The summed E-state index contributed by atoms with van der Waals surface area (Å²) >= 11 is 0. The molecule has 0 aliphatic carbocycles. The van der Waals surface area contributed by atoms with Crippen molar-refractivity contribution < 1.29 is 4.42 Å². The number of pyridine rings is 1. The number of nitrogens with zero attached hydrogens (tertiary/aromatic N) is 2. The largest absolute Gasteiger partial charge is 0.444 e. The summed E-state index contributed by atoms with van der Waals surface area (Å²) in [6.45, 7) is 0.379. The minimum absolute atomic E-state index is 0.379. The zero-order chi connectivity index (χ0) is 11.0. The van der Waals surface area contributed by atoms with Crippen molar-refractivity contribution in [1.29, 1.82) is 0 Å². The second-order valence-corrected chi connectivity index (χ2v) is 3.45. The van der Waals surface area contributed by atoms with Gasteiger partial charge in [0.2, 0.25) is 5.89 Å². The number of nitrogens with one attached hydrogen (secondary N) is 1. The lowest BCUT2D eigenvalue weighted by Crippen LogP contribution is -1.95. The number of aromatic amines is 1. The van der Waals surface area contributed by atoms with Crippen molar-refractivity contribution in [1.82, 2.24) is 15.0 Å². The molecule has 0 saturated heterocycles. The van der Waals surface area contributed by atoms with Crippen LogP contribution < -0.4 is 5.73 Å². The molecule has 0 amide bonds. The molecule has 0 spiro atoms. The first kappa shape index (κ1) is 9.11. The normalized spacial score (nSPS) is 11.1. The molecule has 0 aliphatic heterocycles. The third-order valence-electron chi connectivity index (χ3n) is 2.44. The van der Waals surface area contributed by atoms with Crippen molar-refractivity contribution >= 4 is 11.0 Å². The van der Waals surface area contributed by atoms with Gasteiger partial charge in [-0.3, -0.25) is 0 Å². The molecule has 0 unspecified atom stereocenters. The minimum Gasteiger partial charge on any atom is -0.444 e. The molecule has 3 N–H and O–H groups in total. The van der Waals surface area contributed by atoms with Crippen LogP contribution in [0, 0.1) is 0 Å². The summed E-state index contributed by atoms with van der Waals surface area (Å²) in [5.41, 5.74) is 7.96. The monoisotopic (exact) mass is 214 g/mol. The van der Waals surface area contributed by atoms with Gasteiger partial charge in [0.25, 0.3) is 0 Å². The molecule has 3 heterocycles. The molecule has 5 heteroatoms. The average Bonchev–Trinajstić information content (AvgIpc) is 2.94. The molecule has 0 fully saturated rings. The van der Waals surface area contributed by atoms with Crippen molar-refractivity contribution in [2.24, 2.45) is 5.73 Å². The molecule has 0 atom stereocenters. The van der Waals surface area contributed by atoms with Crippen molar-refractivity contribution in [2.75, 3.05) is 0 Å². The van der Waals surface area contributed by atoms with Gasteiger partial charge in [-0.25, -0.2) is 9.97 Å². The van der Waals surface area contributed by atoms with E-state index in [4.69, 9.17) is 10.2 Å². The van der Waals surface area contributed by atoms with Gasteiger partial charge in [-0.2, -0.15) is 0 Å². The molecule has 3 rings (SSSR count). The van der Waals surface area contributed by atoms with Crippen LogP contribution in [0.3, 0.4) is 0 Å². The smallest absolute Gasteiger partial charge is 0.228 e. The van der Waals surface area contributed by atoms with Crippen LogP contribution in [0.25, 0.3) is 22.5 Å². The lowest BCUT2D eigenvalue weighted by molar-refractivity contribution is 0.573. The molecule has 0 radical (unpaired) electrons. The zero-order valence-corrected chi connectivity index (χ0v) is 8.47. The van der Waals surface area contributed by atoms with E-state index >= 15 is 0 Å². The number of fused-ring (bicyclic) bond motifs is 1. The molecule has 3 aromatic rings. The van der Waals surface area contributed by atoms with Gasteiger partial charge in [-0.1, -0.05) is 0 Å². The van der Waals surface area contributed by atoms with Crippen LogP contribution in [-0.4, -0.2) is 15.0 Å². The lowest BCUT2D eigenvalue weighted by Gasteiger charge is -1.91. The summed E-state index contributed by atoms with van der Waals surface area (Å²) in [6.07, 6.45) is 5.15. The predicted octanol–water partition coefficient (Wildman–Crippen LogP) is 1.68. The molecule has 0 aliphatic rings. The summed E-state index contributed by atoms with van der Waals surface area (Å²) in [5.74, 6) is 0.569. The molecule has 80 valence electrons. The van der Waals surface area contributed by atoms with E-state index in [-0.39, 0.29) is 0 Å². The summed E-state index contributed by atoms with van der Waals surface area (Å²) < 4.78 is 5.37. The average molecular weight is 214 g/mol. The third-order valence-corrected chi connectivity index (χ3v) is 2.44. The quantitative estimate of drug-likeness (QED) is 0.680. The number of hydrogen-bond acceptors (Lipinski definition) is 4. The number of H-pyrrole nitrogens is 1. The van der Waals surface area contributed by atoms with Gasteiger partial charge in [0.15, 0.2) is 0 Å². The number of nitrogens with two attached hydrogens (primary N) is 1. The molecule has 3 aromatic heterocycles. The van der Waals surface area contributed by atoms with E-state index in [1.54, 1.807) is 12.5 Å². The first-order valence-corrected chi connectivity index (χ1v) is 4.95. The summed E-state index contributed by atoms with van der Waals surface area (Å²) in [7, 11) is 0. The highest BCUT2D eigenvalue weighted by Crippen LogP contribution is 2.26. The van der Waals surface area contributed by atoms with Crippen molar-refractivity contribution in [3.05, 3.63) is 36.5 Å². The molecular formula is C11H10N4O. The SMILES string of the molecule is NCc1coc(-c2c[nH]c3ncccc23)n1. The standard InChI is InChI=1S/C11H10N4O/c12-4-7-6-16-11(15-7)9-5-14-10-8(9)2-1-3-13-10/h1-3,5-6H,4,12H2,(H,13,14). The number of oxazole rings is 1. The number of aromatic nitrogens is 3. The predicted molar refractivity (Wildman–Crippen MR) is 59.5 cm³/mol. The molecule has 16 heavy (non-hydrogen) atoms. The summed E-state index contributed by atoms with van der Waals surface area (Å²) in [4.78, 5) is 11.6. The minimum atomic E-state index is 0.379. The van der Waals surface area contributed by atoms with Gasteiger partial charge in [-0.15, -0.1) is 0 Å². The van der Waals surface area contributed by atoms with Crippen molar-refractivity contribution in [2.45, 2.75) is 6.54 Å². The third kappa shape index (κ3) is 1.30. The Kier molecular flexibility index (Phi) is 1.97. The summed E-state index contributed by atoms with van der Waals surface area (Å²) in [5, 5.41) is 0.993. The van der Waals surface area contributed by atoms with E-state index in [9.17, 15) is 0 Å². The van der Waals surface area contributed by atoms with Crippen LogP contribution in [0.5, 0.6) is 0 Å². The fraction of sp³-hybridized carbons (Fsp3) is 0.0909. The van der Waals surface area contributed by atoms with Gasteiger partial charge >= 0.3 is 0 Å². The maximum absolute atomic E-state index is 5.49. The van der Waals surface area contributed by atoms with Gasteiger partial charge < -0.3 is 15.1 Å². The van der Waals surface area contributed by atoms with Gasteiger partial charge in [-0.05, 0) is 12.1 Å². The molecule has 0 saturated carbocycles. The fourth-order valence-corrected chi connectivity index (χ4v) is 1.66. The maximum Gasteiger partial charge on any atom is 0.228 e. The second-order valence-electron chi connectivity index (χ2n) is 3.45. The van der Waals surface area contributed by atoms with Crippen LogP contribution in [-0.2, 0) is 6.54 Å². The van der Waals surface area contributed by atoms with Crippen molar-refractivity contribution in [3.63, 3.8) is 0 Å². The molecule has 5 nitrogen and oxygen atoms in total. The highest BCUT2D eigenvalue weighted by Gasteiger charge is 2.11. The Morgan fingerprint density at radius 2 is 2.38 bits per heavy atom. The van der Waals surface area contributed by atoms with Crippen LogP contribution in [0.2, 0.25) is 0 Å². The van der Waals surface area contributed by atoms with Crippen LogP contribution >= 0.6 is 0 Å². The zero-order valence-electron chi connectivity index (χ0n) is 8.47. The highest BCUT2D eigenvalue weighted by atomic mass is 16.3. The van der Waals surface area contributed by atoms with Crippen LogP contribution in [0.1, 0.15) is 5.69 Å². The van der Waals surface area contributed by atoms with E-state index in [1.165, 1.54) is 0 Å². The van der Waals surface area contributed by atoms with E-state index in [1.807, 2.05) is 18.3 Å². The summed E-state index contributed by atoms with van der Waals surface area (Å²) in [6, 6.07) is 3.85. The highest BCUT2D eigenvalue weighted by molar-refractivity contribution is 5.90. The Bertz CT molecular complexity index is 625. The Morgan fingerprint density at radius 3 is 3.19 bits per heavy atom. The number of hydrogen-bond donors (Lipinski definition) is 2. The Hall–Kier alpha value is -2.14. The van der Waals surface area contributed by atoms with Gasteiger partial charge in [0.1, 0.15) is 11.9 Å². The first-order valence-electron chi connectivity index (χ1n) is 4.95. The van der Waals surface area contributed by atoms with E-state index in [0.717, 1.165) is 22.3 Å². The Labute approximate surface area is 91.3 Å². The van der Waals surface area contributed by atoms with Gasteiger partial charge in [0.05, 0.1) is 11.3 Å². The number of rotatable bonds is 2. The topological polar surface area (TPSA) is 80.7 Å². The second kappa shape index (κ2) is 3.46. The van der Waals surface area contributed by atoms with Gasteiger partial charge in [0, 0.05) is 24.3 Å². The maximum atomic E-state index is 5.49. The Balaban J connectivity index is 2.18. The molecule has 0 bridgehead atoms. The molecular weight excluding hydrogens is 204 g/mol. The Morgan fingerprint density at radius 1 is 1.44 bits per heavy atom. The molecule has 0 aromatic carbocycles. The van der Waals surface area contributed by atoms with Crippen LogP contribution in [0.15, 0.2) is 35.2 Å². The van der Waals surface area contributed by atoms with E-state index < -0.39 is 0 Å². The first-order chi connectivity index (χ1) is 7.88.